The molecule has 0 fully saturated rings. The highest BCUT2D eigenvalue weighted by Gasteiger charge is 2.15. The Morgan fingerprint density at radius 1 is 1.20 bits per heavy atom. The van der Waals surface area contributed by atoms with E-state index in [1.54, 1.807) is 6.20 Å². The number of carbonyl (C=O) groups excluding carboxylic acids is 1. The van der Waals surface area contributed by atoms with Crippen LogP contribution in [0.3, 0.4) is 0 Å². The lowest BCUT2D eigenvalue weighted by Crippen LogP contribution is -2.29. The van der Waals surface area contributed by atoms with Gasteiger partial charge in [-0.2, -0.15) is 0 Å². The molecule has 2 aromatic heterocycles. The summed E-state index contributed by atoms with van der Waals surface area (Å²) in [4.78, 5) is 16.9. The Morgan fingerprint density at radius 3 is 2.76 bits per heavy atom. The van der Waals surface area contributed by atoms with Crippen LogP contribution in [-0.2, 0) is 11.3 Å². The number of amides is 1. The molecule has 0 aliphatic carbocycles. The maximum absolute atomic E-state index is 12.5. The summed E-state index contributed by atoms with van der Waals surface area (Å²) in [5.74, 6) is 0.0623. The van der Waals surface area contributed by atoms with Gasteiger partial charge in [0.25, 0.3) is 0 Å². The molecule has 25 heavy (non-hydrogen) atoms. The van der Waals surface area contributed by atoms with Crippen molar-refractivity contribution in [1.82, 2.24) is 14.9 Å². The molecular weight excluding hydrogens is 310 g/mol. The van der Waals surface area contributed by atoms with Gasteiger partial charge in [0, 0.05) is 30.4 Å². The fourth-order valence-electron chi connectivity index (χ4n) is 3.26. The third-order valence-electron chi connectivity index (χ3n) is 4.62. The minimum atomic E-state index is -0.0325. The normalized spacial score (nSPS) is 12.3. The zero-order valence-corrected chi connectivity index (χ0v) is 15.1. The average Bonchev–Trinajstić information content (AvgIpc) is 2.93. The van der Waals surface area contributed by atoms with Crippen LogP contribution in [0.25, 0.3) is 10.9 Å². The van der Waals surface area contributed by atoms with Crippen molar-refractivity contribution in [3.8, 4) is 0 Å². The van der Waals surface area contributed by atoms with E-state index in [-0.39, 0.29) is 11.9 Å². The topological polar surface area (TPSA) is 46.9 Å². The van der Waals surface area contributed by atoms with E-state index >= 15 is 0 Å². The van der Waals surface area contributed by atoms with E-state index in [0.29, 0.717) is 13.0 Å². The van der Waals surface area contributed by atoms with Crippen molar-refractivity contribution in [3.63, 3.8) is 0 Å². The van der Waals surface area contributed by atoms with Crippen LogP contribution in [-0.4, -0.2) is 15.5 Å². The fraction of sp³-hybridized carbons (Fsp3) is 0.333. The summed E-state index contributed by atoms with van der Waals surface area (Å²) in [7, 11) is 0. The highest BCUT2D eigenvalue weighted by molar-refractivity contribution is 5.81. The molecule has 4 heteroatoms. The monoisotopic (exact) mass is 335 g/mol. The molecule has 130 valence electrons. The first-order valence-corrected chi connectivity index (χ1v) is 8.85. The van der Waals surface area contributed by atoms with E-state index in [1.165, 1.54) is 16.6 Å². The first kappa shape index (κ1) is 17.2. The molecule has 3 aromatic rings. The van der Waals surface area contributed by atoms with E-state index in [0.717, 1.165) is 17.7 Å². The van der Waals surface area contributed by atoms with E-state index in [2.05, 4.69) is 46.9 Å². The van der Waals surface area contributed by atoms with Crippen LogP contribution in [0.1, 0.15) is 42.8 Å². The number of carbonyl (C=O) groups is 1. The molecule has 0 bridgehead atoms. The van der Waals surface area contributed by atoms with Gasteiger partial charge in [0.2, 0.25) is 5.91 Å². The molecule has 0 saturated heterocycles. The Labute approximate surface area is 148 Å². The minimum absolute atomic E-state index is 0.0325. The van der Waals surface area contributed by atoms with Gasteiger partial charge in [-0.1, -0.05) is 25.1 Å². The third kappa shape index (κ3) is 3.90. The number of hydrogen-bond acceptors (Lipinski definition) is 2. The zero-order chi connectivity index (χ0) is 17.8. The predicted octanol–water partition coefficient (Wildman–Crippen LogP) is 4.31. The Bertz CT molecular complexity index is 882. The number of fused-ring (bicyclic) bond motifs is 1. The van der Waals surface area contributed by atoms with Gasteiger partial charge in [0.1, 0.15) is 0 Å². The summed E-state index contributed by atoms with van der Waals surface area (Å²) in [5.41, 5.74) is 4.45. The van der Waals surface area contributed by atoms with Crippen molar-refractivity contribution in [1.29, 1.82) is 0 Å². The number of hydrogen-bond donors (Lipinski definition) is 1. The molecule has 1 amide bonds. The first-order valence-electron chi connectivity index (χ1n) is 8.85. The molecule has 0 spiro atoms. The zero-order valence-electron chi connectivity index (χ0n) is 15.1. The lowest BCUT2D eigenvalue weighted by Gasteiger charge is -2.17. The van der Waals surface area contributed by atoms with Crippen LogP contribution >= 0.6 is 0 Å². The molecule has 1 aromatic carbocycles. The number of pyridine rings is 1. The predicted molar refractivity (Wildman–Crippen MR) is 101 cm³/mol. The fourth-order valence-corrected chi connectivity index (χ4v) is 3.26. The van der Waals surface area contributed by atoms with Crippen LogP contribution in [0.2, 0.25) is 0 Å². The van der Waals surface area contributed by atoms with Crippen molar-refractivity contribution >= 4 is 16.8 Å². The maximum Gasteiger partial charge on any atom is 0.222 e. The highest BCUT2D eigenvalue weighted by Crippen LogP contribution is 2.20. The van der Waals surface area contributed by atoms with Gasteiger partial charge >= 0.3 is 0 Å². The summed E-state index contributed by atoms with van der Waals surface area (Å²) in [6.07, 6.45) is 3.09. The molecule has 0 aliphatic rings. The Morgan fingerprint density at radius 2 is 2.00 bits per heavy atom. The quantitative estimate of drug-likeness (QED) is 0.729. The smallest absolute Gasteiger partial charge is 0.222 e. The second-order valence-electron chi connectivity index (χ2n) is 6.53. The second kappa shape index (κ2) is 7.51. The summed E-state index contributed by atoms with van der Waals surface area (Å²) < 4.78 is 2.21. The molecule has 3 rings (SSSR count). The summed E-state index contributed by atoms with van der Waals surface area (Å²) in [5, 5.41) is 4.34. The standard InChI is InChI=1S/C21H25N3O/c1-4-18(19-13-15(2)9-11-22-19)23-21(25)10-12-24-16(3)14-17-7-5-6-8-20(17)24/h5-9,11,13-14,18H,4,10,12H2,1-3H3,(H,23,25)/t18-/m1/s1. The molecule has 0 unspecified atom stereocenters. The van der Waals surface area contributed by atoms with Gasteiger partial charge in [-0.25, -0.2) is 0 Å². The number of rotatable bonds is 6. The largest absolute Gasteiger partial charge is 0.348 e. The van der Waals surface area contributed by atoms with E-state index in [4.69, 9.17) is 0 Å². The molecule has 0 radical (unpaired) electrons. The molecule has 0 saturated carbocycles. The molecule has 2 heterocycles. The van der Waals surface area contributed by atoms with Crippen LogP contribution in [0.15, 0.2) is 48.7 Å². The summed E-state index contributed by atoms with van der Waals surface area (Å²) in [6.45, 7) is 6.88. The lowest BCUT2D eigenvalue weighted by atomic mass is 10.1. The Hall–Kier alpha value is -2.62. The number of aromatic nitrogens is 2. The molecule has 1 N–H and O–H groups in total. The van der Waals surface area contributed by atoms with Crippen LogP contribution in [0.5, 0.6) is 0 Å². The van der Waals surface area contributed by atoms with Gasteiger partial charge in [0.05, 0.1) is 11.7 Å². The van der Waals surface area contributed by atoms with E-state index in [9.17, 15) is 4.79 Å². The second-order valence-corrected chi connectivity index (χ2v) is 6.53. The number of aryl methyl sites for hydroxylation is 3. The van der Waals surface area contributed by atoms with Crippen LogP contribution < -0.4 is 5.32 Å². The average molecular weight is 335 g/mol. The van der Waals surface area contributed by atoms with Gasteiger partial charge in [0.15, 0.2) is 0 Å². The van der Waals surface area contributed by atoms with Gasteiger partial charge in [-0.3, -0.25) is 9.78 Å². The van der Waals surface area contributed by atoms with Gasteiger partial charge in [-0.05, 0) is 55.5 Å². The van der Waals surface area contributed by atoms with Crippen LogP contribution in [0, 0.1) is 13.8 Å². The van der Waals surface area contributed by atoms with Crippen molar-refractivity contribution in [2.45, 2.75) is 46.2 Å². The van der Waals surface area contributed by atoms with Crippen molar-refractivity contribution < 1.29 is 4.79 Å². The molecular formula is C21H25N3O. The Kier molecular flexibility index (Phi) is 5.17. The molecule has 4 nitrogen and oxygen atoms in total. The van der Waals surface area contributed by atoms with E-state index < -0.39 is 0 Å². The van der Waals surface area contributed by atoms with Crippen molar-refractivity contribution in [2.24, 2.45) is 0 Å². The number of nitrogens with one attached hydrogen (secondary N) is 1. The Balaban J connectivity index is 1.66. The summed E-state index contributed by atoms with van der Waals surface area (Å²) >= 11 is 0. The number of nitrogens with zero attached hydrogens (tertiary/aromatic N) is 2. The SMILES string of the molecule is CC[C@@H](NC(=O)CCn1c(C)cc2ccccc21)c1cc(C)ccn1. The van der Waals surface area contributed by atoms with Crippen LogP contribution in [0.4, 0.5) is 0 Å². The molecule has 0 aliphatic heterocycles. The van der Waals surface area contributed by atoms with Crippen molar-refractivity contribution in [3.05, 3.63) is 65.6 Å². The van der Waals surface area contributed by atoms with Gasteiger partial charge in [-0.15, -0.1) is 0 Å². The van der Waals surface area contributed by atoms with Gasteiger partial charge < -0.3 is 9.88 Å². The maximum atomic E-state index is 12.5. The number of para-hydroxylation sites is 1. The highest BCUT2D eigenvalue weighted by atomic mass is 16.1. The number of benzene rings is 1. The third-order valence-corrected chi connectivity index (χ3v) is 4.62. The lowest BCUT2D eigenvalue weighted by molar-refractivity contribution is -0.122. The summed E-state index contributed by atoms with van der Waals surface area (Å²) in [6, 6.07) is 14.4. The first-order chi connectivity index (χ1) is 12.1. The molecule has 1 atom stereocenters. The van der Waals surface area contributed by atoms with E-state index in [1.807, 2.05) is 31.2 Å². The minimum Gasteiger partial charge on any atom is -0.348 e. The van der Waals surface area contributed by atoms with Crippen molar-refractivity contribution in [2.75, 3.05) is 0 Å².